The van der Waals surface area contributed by atoms with Gasteiger partial charge < -0.3 is 20.1 Å². The molecule has 9 heteroatoms. The average molecular weight is 532 g/mol. The first-order valence-corrected chi connectivity index (χ1v) is 12.9. The Morgan fingerprint density at radius 2 is 1.74 bits per heavy atom. The van der Waals surface area contributed by atoms with Gasteiger partial charge in [-0.15, -0.1) is 0 Å². The number of amides is 3. The number of carbonyl (C=O) groups excluding carboxylic acids is 3. The van der Waals surface area contributed by atoms with Gasteiger partial charge in [-0.05, 0) is 61.4 Å². The van der Waals surface area contributed by atoms with Crippen LogP contribution in [0.1, 0.15) is 22.3 Å². The Hall–Kier alpha value is -4.08. The molecule has 2 N–H and O–H groups in total. The Bertz CT molecular complexity index is 1370. The average Bonchev–Trinajstić information content (AvgIpc) is 3.13. The number of ether oxygens (including phenoxy) is 2. The number of rotatable bonds is 11. The summed E-state index contributed by atoms with van der Waals surface area (Å²) in [6.07, 6.45) is 0.522. The molecule has 0 fully saturated rings. The summed E-state index contributed by atoms with van der Waals surface area (Å²) in [4.78, 5) is 41.6. The number of thioether (sulfide) groups is 1. The van der Waals surface area contributed by atoms with Crippen molar-refractivity contribution >= 4 is 40.9 Å². The first kappa shape index (κ1) is 27.0. The Balaban J connectivity index is 1.63. The van der Waals surface area contributed by atoms with E-state index in [0.717, 1.165) is 5.56 Å². The zero-order chi connectivity index (χ0) is 27.1. The molecule has 0 atom stereocenters. The highest BCUT2D eigenvalue weighted by Gasteiger charge is 2.39. The van der Waals surface area contributed by atoms with Gasteiger partial charge in [0, 0.05) is 36.4 Å². The van der Waals surface area contributed by atoms with Gasteiger partial charge in [-0.2, -0.15) is 0 Å². The number of aryl methyl sites for hydroxylation is 1. The van der Waals surface area contributed by atoms with Gasteiger partial charge in [0.15, 0.2) is 0 Å². The van der Waals surface area contributed by atoms with Crippen LogP contribution in [0, 0.1) is 6.92 Å². The highest BCUT2D eigenvalue weighted by atomic mass is 32.2. The van der Waals surface area contributed by atoms with Crippen LogP contribution >= 0.6 is 11.8 Å². The minimum Gasteiger partial charge on any atom is -0.495 e. The van der Waals surface area contributed by atoms with Gasteiger partial charge in [-0.1, -0.05) is 42.1 Å². The summed E-state index contributed by atoms with van der Waals surface area (Å²) >= 11 is 1.17. The second kappa shape index (κ2) is 12.4. The maximum atomic E-state index is 13.4. The molecule has 1 aliphatic heterocycles. The first-order chi connectivity index (χ1) is 18.4. The van der Waals surface area contributed by atoms with Gasteiger partial charge >= 0.3 is 0 Å². The van der Waals surface area contributed by atoms with Crippen molar-refractivity contribution < 1.29 is 23.9 Å². The number of methoxy groups -OCH3 is 2. The fourth-order valence-corrected chi connectivity index (χ4v) is 4.94. The molecule has 3 amide bonds. The molecular weight excluding hydrogens is 502 g/mol. The van der Waals surface area contributed by atoms with Crippen LogP contribution < -0.4 is 15.4 Å². The number of carbonyl (C=O) groups is 3. The smallest absolute Gasteiger partial charge is 0.278 e. The van der Waals surface area contributed by atoms with Crippen LogP contribution in [0.5, 0.6) is 5.75 Å². The minimum absolute atomic E-state index is 0.181. The second-order valence-corrected chi connectivity index (χ2v) is 9.67. The zero-order valence-electron chi connectivity index (χ0n) is 21.4. The highest BCUT2D eigenvalue weighted by molar-refractivity contribution is 8.04. The van der Waals surface area contributed by atoms with Crippen molar-refractivity contribution in [2.45, 2.75) is 18.2 Å². The quantitative estimate of drug-likeness (QED) is 0.263. The molecule has 0 spiro atoms. The van der Waals surface area contributed by atoms with Crippen LogP contribution in [0.25, 0.3) is 0 Å². The van der Waals surface area contributed by atoms with Gasteiger partial charge in [0.1, 0.15) is 16.4 Å². The third kappa shape index (κ3) is 6.24. The zero-order valence-corrected chi connectivity index (χ0v) is 22.3. The van der Waals surface area contributed by atoms with Crippen molar-refractivity contribution in [2.24, 2.45) is 0 Å². The van der Waals surface area contributed by atoms with Crippen molar-refractivity contribution in [1.82, 2.24) is 4.90 Å². The molecule has 0 unspecified atom stereocenters. The molecule has 4 rings (SSSR count). The summed E-state index contributed by atoms with van der Waals surface area (Å²) < 4.78 is 10.6. The fraction of sp³-hybridized carbons (Fsp3) is 0.207. The summed E-state index contributed by atoms with van der Waals surface area (Å²) in [6.45, 7) is 2.60. The normalized spacial score (nSPS) is 13.2. The summed E-state index contributed by atoms with van der Waals surface area (Å²) in [5.74, 6) is -0.483. The van der Waals surface area contributed by atoms with Crippen molar-refractivity contribution in [3.05, 3.63) is 94.5 Å². The molecule has 1 aliphatic rings. The largest absolute Gasteiger partial charge is 0.495 e. The van der Waals surface area contributed by atoms with Gasteiger partial charge in [-0.3, -0.25) is 19.3 Å². The van der Waals surface area contributed by atoms with Crippen LogP contribution in [-0.4, -0.2) is 50.0 Å². The molecule has 0 saturated heterocycles. The van der Waals surface area contributed by atoms with Crippen molar-refractivity contribution in [2.75, 3.05) is 38.0 Å². The molecule has 38 heavy (non-hydrogen) atoms. The second-order valence-electron chi connectivity index (χ2n) is 8.59. The summed E-state index contributed by atoms with van der Waals surface area (Å²) in [5.41, 5.74) is 2.85. The van der Waals surface area contributed by atoms with Gasteiger partial charge in [0.2, 0.25) is 0 Å². The highest BCUT2D eigenvalue weighted by Crippen LogP contribution is 2.38. The number of anilines is 2. The van der Waals surface area contributed by atoms with Crippen molar-refractivity contribution in [1.29, 1.82) is 0 Å². The Morgan fingerprint density at radius 1 is 0.947 bits per heavy atom. The van der Waals surface area contributed by atoms with Crippen LogP contribution in [0.3, 0.4) is 0 Å². The van der Waals surface area contributed by atoms with E-state index < -0.39 is 5.91 Å². The number of hydrogen-bond acceptors (Lipinski definition) is 7. The predicted molar refractivity (Wildman–Crippen MR) is 148 cm³/mol. The van der Waals surface area contributed by atoms with E-state index in [1.165, 1.54) is 16.7 Å². The van der Waals surface area contributed by atoms with E-state index in [0.29, 0.717) is 40.6 Å². The van der Waals surface area contributed by atoms with Crippen molar-refractivity contribution in [3.63, 3.8) is 0 Å². The first-order valence-electron chi connectivity index (χ1n) is 12.1. The summed E-state index contributed by atoms with van der Waals surface area (Å²) in [7, 11) is 3.13. The predicted octanol–water partition coefficient (Wildman–Crippen LogP) is 5.08. The van der Waals surface area contributed by atoms with Crippen molar-refractivity contribution in [3.8, 4) is 5.75 Å². The molecule has 0 aromatic heterocycles. The number of hydrogen-bond donors (Lipinski definition) is 2. The van der Waals surface area contributed by atoms with Crippen LogP contribution in [0.2, 0.25) is 0 Å². The van der Waals surface area contributed by atoms with E-state index in [4.69, 9.17) is 9.47 Å². The Kier molecular flexibility index (Phi) is 8.83. The lowest BCUT2D eigenvalue weighted by atomic mass is 10.2. The number of benzene rings is 3. The standard InChI is InChI=1S/C29H29N3O5S/c1-19-13-14-24(37-3)23(17-19)31-25-26(29(35)32(28(25)34)15-8-16-36-2)38-22-12-7-11-21(18-22)30-27(33)20-9-5-4-6-10-20/h4-7,9-14,17-18,31H,8,15-16H2,1-3H3,(H,30,33). The van der Waals surface area contributed by atoms with Crippen LogP contribution in [-0.2, 0) is 14.3 Å². The minimum atomic E-state index is -0.411. The molecular formula is C29H29N3O5S. The van der Waals surface area contributed by atoms with E-state index in [9.17, 15) is 14.4 Å². The molecule has 3 aromatic carbocycles. The molecule has 0 bridgehead atoms. The van der Waals surface area contributed by atoms with E-state index in [2.05, 4.69) is 10.6 Å². The number of nitrogens with one attached hydrogen (secondary N) is 2. The van der Waals surface area contributed by atoms with E-state index in [-0.39, 0.29) is 29.0 Å². The maximum Gasteiger partial charge on any atom is 0.278 e. The number of nitrogens with zero attached hydrogens (tertiary/aromatic N) is 1. The molecule has 0 saturated carbocycles. The number of imide groups is 1. The topological polar surface area (TPSA) is 97.0 Å². The molecule has 8 nitrogen and oxygen atoms in total. The maximum absolute atomic E-state index is 13.4. The lowest BCUT2D eigenvalue weighted by molar-refractivity contribution is -0.137. The van der Waals surface area contributed by atoms with Gasteiger partial charge in [0.25, 0.3) is 17.7 Å². The SMILES string of the molecule is COCCCN1C(=O)C(Nc2cc(C)ccc2OC)=C(Sc2cccc(NC(=O)c3ccccc3)c2)C1=O. The van der Waals surface area contributed by atoms with E-state index >= 15 is 0 Å². The molecule has 3 aromatic rings. The summed E-state index contributed by atoms with van der Waals surface area (Å²) in [5, 5.41) is 6.04. The van der Waals surface area contributed by atoms with Crippen LogP contribution in [0.15, 0.2) is 88.3 Å². The third-order valence-electron chi connectivity index (χ3n) is 5.82. The third-order valence-corrected chi connectivity index (χ3v) is 6.89. The lowest BCUT2D eigenvalue weighted by Crippen LogP contribution is -2.33. The van der Waals surface area contributed by atoms with E-state index in [1.54, 1.807) is 56.7 Å². The molecule has 1 heterocycles. The lowest BCUT2D eigenvalue weighted by Gasteiger charge is -2.15. The Labute approximate surface area is 226 Å². The molecule has 0 radical (unpaired) electrons. The molecule has 0 aliphatic carbocycles. The van der Waals surface area contributed by atoms with Gasteiger partial charge in [0.05, 0.1) is 12.8 Å². The van der Waals surface area contributed by atoms with Crippen LogP contribution in [0.4, 0.5) is 11.4 Å². The van der Waals surface area contributed by atoms with Gasteiger partial charge in [-0.25, -0.2) is 0 Å². The molecule has 196 valence electrons. The Morgan fingerprint density at radius 3 is 2.47 bits per heavy atom. The fourth-order valence-electron chi connectivity index (χ4n) is 3.93. The van der Waals surface area contributed by atoms with E-state index in [1.807, 2.05) is 37.3 Å². The summed E-state index contributed by atoms with van der Waals surface area (Å²) in [6, 6.07) is 21.6. The monoisotopic (exact) mass is 531 g/mol.